The van der Waals surface area contributed by atoms with Crippen molar-refractivity contribution in [1.82, 2.24) is 4.90 Å². The molecule has 0 fully saturated rings. The molecule has 2 atom stereocenters. The quantitative estimate of drug-likeness (QED) is 0.732. The highest BCUT2D eigenvalue weighted by atomic mass is 16.5. The van der Waals surface area contributed by atoms with Crippen molar-refractivity contribution in [3.63, 3.8) is 0 Å². The summed E-state index contributed by atoms with van der Waals surface area (Å²) >= 11 is 0. The molecule has 0 N–H and O–H groups in total. The molecule has 3 aliphatic heterocycles. The number of amides is 1. The molecule has 1 aliphatic carbocycles. The number of carbonyl (C=O) groups excluding carboxylic acids is 2. The fourth-order valence-electron chi connectivity index (χ4n) is 4.42. The van der Waals surface area contributed by atoms with Gasteiger partial charge in [0.25, 0.3) is 5.91 Å². The van der Waals surface area contributed by atoms with Crippen molar-refractivity contribution in [3.8, 4) is 0 Å². The highest BCUT2D eigenvalue weighted by molar-refractivity contribution is 6.16. The van der Waals surface area contributed by atoms with E-state index in [1.807, 2.05) is 53.6 Å². The molecule has 4 aliphatic rings. The predicted octanol–water partition coefficient (Wildman–Crippen LogP) is 2.61. The first-order valence-electron chi connectivity index (χ1n) is 8.60. The number of nitrogens with zero attached hydrogens (tertiary/aromatic N) is 2. The largest absolute Gasteiger partial charge is 0.328 e. The van der Waals surface area contributed by atoms with Crippen LogP contribution in [0.3, 0.4) is 0 Å². The Morgan fingerprint density at radius 3 is 2.88 bits per heavy atom. The molecule has 3 heterocycles. The molecule has 1 aromatic carbocycles. The van der Waals surface area contributed by atoms with E-state index >= 15 is 0 Å². The maximum Gasteiger partial charge on any atom is 0.268 e. The summed E-state index contributed by atoms with van der Waals surface area (Å²) in [5.41, 5.74) is 1.70. The molecule has 0 saturated heterocycles. The van der Waals surface area contributed by atoms with Gasteiger partial charge in [-0.25, -0.2) is 0 Å². The van der Waals surface area contributed by atoms with E-state index in [1.54, 1.807) is 11.9 Å². The van der Waals surface area contributed by atoms with E-state index in [4.69, 9.17) is 4.74 Å². The first-order chi connectivity index (χ1) is 12.1. The maximum absolute atomic E-state index is 13.4. The van der Waals surface area contributed by atoms with Gasteiger partial charge in [0, 0.05) is 30.9 Å². The second-order valence-electron chi connectivity index (χ2n) is 6.80. The van der Waals surface area contributed by atoms with Crippen LogP contribution in [0.1, 0.15) is 24.8 Å². The van der Waals surface area contributed by atoms with Crippen LogP contribution in [0.5, 0.6) is 0 Å². The summed E-state index contributed by atoms with van der Waals surface area (Å²) in [7, 11) is 1.75. The van der Waals surface area contributed by atoms with Crippen LogP contribution in [-0.4, -0.2) is 29.9 Å². The van der Waals surface area contributed by atoms with E-state index in [9.17, 15) is 9.59 Å². The van der Waals surface area contributed by atoms with Crippen LogP contribution in [0.25, 0.3) is 0 Å². The van der Waals surface area contributed by atoms with Crippen molar-refractivity contribution < 1.29 is 14.3 Å². The van der Waals surface area contributed by atoms with Crippen molar-refractivity contribution in [1.29, 1.82) is 0 Å². The first kappa shape index (κ1) is 14.7. The van der Waals surface area contributed by atoms with Crippen molar-refractivity contribution in [2.45, 2.75) is 31.1 Å². The molecule has 1 amide bonds. The molecule has 0 bridgehead atoms. The number of hydrogen-bond donors (Lipinski definition) is 0. The Labute approximate surface area is 145 Å². The monoisotopic (exact) mass is 334 g/mol. The van der Waals surface area contributed by atoms with E-state index in [-0.39, 0.29) is 17.9 Å². The van der Waals surface area contributed by atoms with E-state index in [0.717, 1.165) is 29.8 Å². The molecule has 0 radical (unpaired) electrons. The highest BCUT2D eigenvalue weighted by Gasteiger charge is 2.60. The molecule has 1 spiro atoms. The van der Waals surface area contributed by atoms with Gasteiger partial charge in [-0.15, -0.1) is 0 Å². The standard InChI is InChI=1S/C20H18N2O3/c1-21-14-8-3-2-7-13(14)20(19(21)24)18-15(9-6-10-16(18)23)22-12-5-4-11-17(22)25-20/h2-5,7-8,11-12,17H,6,9-10H2,1H3/t17-,20+/m0/s1. The molecule has 25 heavy (non-hydrogen) atoms. The van der Waals surface area contributed by atoms with Gasteiger partial charge in [0.1, 0.15) is 0 Å². The summed E-state index contributed by atoms with van der Waals surface area (Å²) in [5, 5.41) is 0. The van der Waals surface area contributed by atoms with Crippen LogP contribution in [0.15, 0.2) is 60.0 Å². The van der Waals surface area contributed by atoms with Crippen molar-refractivity contribution in [2.24, 2.45) is 0 Å². The number of carbonyl (C=O) groups is 2. The van der Waals surface area contributed by atoms with E-state index < -0.39 is 5.60 Å². The third-order valence-electron chi connectivity index (χ3n) is 5.50. The number of hydrogen-bond acceptors (Lipinski definition) is 4. The third kappa shape index (κ3) is 1.71. The number of para-hydroxylation sites is 1. The van der Waals surface area contributed by atoms with Gasteiger partial charge < -0.3 is 14.5 Å². The van der Waals surface area contributed by atoms with E-state index in [0.29, 0.717) is 12.0 Å². The second kappa shape index (κ2) is 4.92. The number of Topliss-reactive ketones (excluding diaryl/α,β-unsaturated/α-hetero) is 1. The average molecular weight is 334 g/mol. The summed E-state index contributed by atoms with van der Waals surface area (Å²) in [5.74, 6) is -0.167. The molecule has 0 aromatic heterocycles. The minimum atomic E-state index is -1.32. The smallest absolute Gasteiger partial charge is 0.268 e. The fraction of sp³-hybridized carbons (Fsp3) is 0.300. The Bertz CT molecular complexity index is 898. The Hall–Kier alpha value is -2.66. The van der Waals surface area contributed by atoms with Gasteiger partial charge in [-0.2, -0.15) is 0 Å². The molecule has 0 saturated carbocycles. The number of fused-ring (bicyclic) bond motifs is 5. The summed E-state index contributed by atoms with van der Waals surface area (Å²) in [6, 6.07) is 7.61. The zero-order chi connectivity index (χ0) is 17.2. The lowest BCUT2D eigenvalue weighted by Crippen LogP contribution is -2.55. The Kier molecular flexibility index (Phi) is 2.89. The van der Waals surface area contributed by atoms with Gasteiger partial charge in [-0.05, 0) is 31.1 Å². The van der Waals surface area contributed by atoms with Crippen LogP contribution >= 0.6 is 0 Å². The van der Waals surface area contributed by atoms with Gasteiger partial charge in [-0.3, -0.25) is 9.59 Å². The molecule has 0 unspecified atom stereocenters. The number of likely N-dealkylation sites (N-methyl/N-ethyl adjacent to an activating group) is 1. The summed E-state index contributed by atoms with van der Waals surface area (Å²) in [6.07, 6.45) is 9.37. The van der Waals surface area contributed by atoms with Gasteiger partial charge in [-0.1, -0.05) is 24.3 Å². The topological polar surface area (TPSA) is 49.9 Å². The SMILES string of the molecule is CN1C(=O)[C@@]2(O[C@H]3C=CC=CN3C3=C2C(=O)CCC3)c2ccccc21. The highest BCUT2D eigenvalue weighted by Crippen LogP contribution is 2.53. The Morgan fingerprint density at radius 2 is 2.00 bits per heavy atom. The minimum Gasteiger partial charge on any atom is -0.328 e. The third-order valence-corrected chi connectivity index (χ3v) is 5.50. The summed E-state index contributed by atoms with van der Waals surface area (Å²) in [6.45, 7) is 0. The predicted molar refractivity (Wildman–Crippen MR) is 92.4 cm³/mol. The van der Waals surface area contributed by atoms with Crippen molar-refractivity contribution in [2.75, 3.05) is 11.9 Å². The second-order valence-corrected chi connectivity index (χ2v) is 6.80. The van der Waals surface area contributed by atoms with Crippen LogP contribution < -0.4 is 4.90 Å². The zero-order valence-corrected chi connectivity index (χ0v) is 13.9. The minimum absolute atomic E-state index is 0.0149. The average Bonchev–Trinajstić information content (AvgIpc) is 2.85. The lowest BCUT2D eigenvalue weighted by atomic mass is 9.77. The lowest BCUT2D eigenvalue weighted by molar-refractivity contribution is -0.160. The number of ether oxygens (including phenoxy) is 1. The summed E-state index contributed by atoms with van der Waals surface area (Å²) < 4.78 is 6.41. The number of anilines is 1. The van der Waals surface area contributed by atoms with Gasteiger partial charge in [0.05, 0.1) is 11.3 Å². The summed E-state index contributed by atoms with van der Waals surface area (Å²) in [4.78, 5) is 29.9. The van der Waals surface area contributed by atoms with Gasteiger partial charge in [0.15, 0.2) is 12.0 Å². The number of allylic oxidation sites excluding steroid dienone is 3. The van der Waals surface area contributed by atoms with Crippen LogP contribution in [0, 0.1) is 0 Å². The molecule has 5 rings (SSSR count). The fourth-order valence-corrected chi connectivity index (χ4v) is 4.42. The first-order valence-corrected chi connectivity index (χ1v) is 8.60. The number of ketones is 1. The van der Waals surface area contributed by atoms with E-state index in [2.05, 4.69) is 0 Å². The molecule has 5 heteroatoms. The zero-order valence-electron chi connectivity index (χ0n) is 13.9. The number of rotatable bonds is 0. The molecule has 126 valence electrons. The van der Waals surface area contributed by atoms with Crippen molar-refractivity contribution >= 4 is 17.4 Å². The Balaban J connectivity index is 1.84. The lowest BCUT2D eigenvalue weighted by Gasteiger charge is -2.47. The van der Waals surface area contributed by atoms with E-state index in [1.165, 1.54) is 0 Å². The van der Waals surface area contributed by atoms with Gasteiger partial charge >= 0.3 is 0 Å². The molecule has 1 aromatic rings. The number of benzene rings is 1. The van der Waals surface area contributed by atoms with Crippen LogP contribution in [-0.2, 0) is 19.9 Å². The van der Waals surface area contributed by atoms with Crippen LogP contribution in [0.2, 0.25) is 0 Å². The Morgan fingerprint density at radius 1 is 1.16 bits per heavy atom. The molecular formula is C20H18N2O3. The normalized spacial score (nSPS) is 30.0. The molecule has 5 nitrogen and oxygen atoms in total. The molecular weight excluding hydrogens is 316 g/mol. The van der Waals surface area contributed by atoms with Crippen LogP contribution in [0.4, 0.5) is 5.69 Å². The maximum atomic E-state index is 13.4. The van der Waals surface area contributed by atoms with Gasteiger partial charge in [0.2, 0.25) is 5.60 Å². The van der Waals surface area contributed by atoms with Crippen molar-refractivity contribution in [3.05, 3.63) is 65.5 Å².